The predicted molar refractivity (Wildman–Crippen MR) is 110 cm³/mol. The highest BCUT2D eigenvalue weighted by Gasteiger charge is 2.34. The molecule has 0 aliphatic rings. The zero-order valence-corrected chi connectivity index (χ0v) is 18.3. The fourth-order valence-electron chi connectivity index (χ4n) is 3.19. The molecule has 0 aliphatic heterocycles. The van der Waals surface area contributed by atoms with E-state index in [9.17, 15) is 39.6 Å². The van der Waals surface area contributed by atoms with Crippen LogP contribution in [0, 0.1) is 0 Å². The lowest BCUT2D eigenvalue weighted by molar-refractivity contribution is -0.141. The zero-order valence-electron chi connectivity index (χ0n) is 17.5. The van der Waals surface area contributed by atoms with Gasteiger partial charge in [-0.3, -0.25) is 4.79 Å². The van der Waals surface area contributed by atoms with Gasteiger partial charge in [0.05, 0.1) is 34.8 Å². The molecule has 0 atom stereocenters. The third-order valence-corrected chi connectivity index (χ3v) is 6.72. The summed E-state index contributed by atoms with van der Waals surface area (Å²) in [5.74, 6) is -0.916. The monoisotopic (exact) mass is 517 g/mol. The maximum absolute atomic E-state index is 13.0. The Morgan fingerprint density at radius 3 is 2.29 bits per heavy atom. The maximum atomic E-state index is 13.0. The van der Waals surface area contributed by atoms with E-state index < -0.39 is 55.5 Å². The highest BCUT2D eigenvalue weighted by Crippen LogP contribution is 2.31. The van der Waals surface area contributed by atoms with Crippen molar-refractivity contribution in [3.8, 4) is 11.5 Å². The number of benzene rings is 1. The second-order valence-corrected chi connectivity index (χ2v) is 9.47. The van der Waals surface area contributed by atoms with Gasteiger partial charge < -0.3 is 0 Å². The van der Waals surface area contributed by atoms with Crippen LogP contribution in [0.25, 0.3) is 22.3 Å². The first kappa shape index (κ1) is 24.4. The van der Waals surface area contributed by atoms with E-state index in [2.05, 4.69) is 15.2 Å². The Labute approximate surface area is 192 Å². The smallest absolute Gasteiger partial charge is 0.267 e. The quantitative estimate of drug-likeness (QED) is 0.382. The molecule has 0 N–H and O–H groups in total. The SMILES string of the molecule is CCS(=O)(=O)c1cc(-n2ccc(C(F)(F)F)n2)cnc1-n1ncc2cc(C(F)(F)F)ccc2c1=O. The van der Waals surface area contributed by atoms with Crippen LogP contribution in [-0.2, 0) is 22.2 Å². The Balaban J connectivity index is 1.90. The topological polar surface area (TPSA) is 99.7 Å². The van der Waals surface area contributed by atoms with E-state index in [4.69, 9.17) is 0 Å². The molecule has 4 rings (SSSR count). The first-order chi connectivity index (χ1) is 16.2. The van der Waals surface area contributed by atoms with Crippen molar-refractivity contribution < 1.29 is 34.8 Å². The van der Waals surface area contributed by atoms with Crippen molar-refractivity contribution in [2.45, 2.75) is 24.2 Å². The van der Waals surface area contributed by atoms with E-state index in [0.717, 1.165) is 41.5 Å². The Hall–Kier alpha value is -3.75. The normalized spacial score (nSPS) is 12.9. The van der Waals surface area contributed by atoms with Crippen LogP contribution in [0.3, 0.4) is 0 Å². The van der Waals surface area contributed by atoms with E-state index in [1.807, 2.05) is 0 Å². The van der Waals surface area contributed by atoms with Gasteiger partial charge in [-0.15, -0.1) is 0 Å². The number of nitrogens with zero attached hydrogens (tertiary/aromatic N) is 5. The van der Waals surface area contributed by atoms with Crippen molar-refractivity contribution in [2.75, 3.05) is 5.75 Å². The number of aromatic nitrogens is 5. The van der Waals surface area contributed by atoms with E-state index in [0.29, 0.717) is 16.8 Å². The number of halogens is 6. The lowest BCUT2D eigenvalue weighted by Crippen LogP contribution is -2.25. The molecular weight excluding hydrogens is 504 g/mol. The highest BCUT2D eigenvalue weighted by molar-refractivity contribution is 7.91. The summed E-state index contributed by atoms with van der Waals surface area (Å²) in [4.78, 5) is 16.4. The summed E-state index contributed by atoms with van der Waals surface area (Å²) in [6, 6.07) is 4.03. The summed E-state index contributed by atoms with van der Waals surface area (Å²) in [5.41, 5.74) is -3.30. The average molecular weight is 517 g/mol. The van der Waals surface area contributed by atoms with Crippen molar-refractivity contribution >= 4 is 20.6 Å². The van der Waals surface area contributed by atoms with Gasteiger partial charge >= 0.3 is 12.4 Å². The Kier molecular flexibility index (Phi) is 5.70. The molecule has 0 amide bonds. The highest BCUT2D eigenvalue weighted by atomic mass is 32.2. The molecule has 184 valence electrons. The Morgan fingerprint density at radius 1 is 0.971 bits per heavy atom. The average Bonchev–Trinajstić information content (AvgIpc) is 3.29. The van der Waals surface area contributed by atoms with Crippen LogP contribution in [-0.4, -0.2) is 38.7 Å². The molecule has 0 saturated heterocycles. The third kappa shape index (κ3) is 4.50. The van der Waals surface area contributed by atoms with Crippen molar-refractivity contribution in [3.63, 3.8) is 0 Å². The number of sulfone groups is 1. The van der Waals surface area contributed by atoms with E-state index >= 15 is 0 Å². The van der Waals surface area contributed by atoms with Gasteiger partial charge in [-0.1, -0.05) is 6.92 Å². The molecule has 4 aromatic rings. The molecule has 0 spiro atoms. The fourth-order valence-corrected chi connectivity index (χ4v) is 4.22. The van der Waals surface area contributed by atoms with Gasteiger partial charge in [-0.2, -0.15) is 41.2 Å². The van der Waals surface area contributed by atoms with Crippen LogP contribution in [0.2, 0.25) is 0 Å². The molecule has 1 aromatic carbocycles. The number of hydrogen-bond acceptors (Lipinski definition) is 6. The summed E-state index contributed by atoms with van der Waals surface area (Å²) in [6.07, 6.45) is -6.48. The molecule has 0 saturated carbocycles. The van der Waals surface area contributed by atoms with E-state index in [1.165, 1.54) is 6.92 Å². The standard InChI is InChI=1S/C20H13F6N5O3S/c1-2-35(33,34)15-8-13(30-6-5-16(29-30)20(24,25)26)10-27-17(15)31-18(32)14-4-3-12(19(21,22)23)7-11(14)9-28-31/h3-10H,2H2,1H3. The number of alkyl halides is 6. The molecule has 0 bridgehead atoms. The van der Waals surface area contributed by atoms with Crippen LogP contribution < -0.4 is 5.56 Å². The lowest BCUT2D eigenvalue weighted by Gasteiger charge is -2.13. The fraction of sp³-hybridized carbons (Fsp3) is 0.200. The summed E-state index contributed by atoms with van der Waals surface area (Å²) >= 11 is 0. The largest absolute Gasteiger partial charge is 0.435 e. The molecule has 0 fully saturated rings. The first-order valence-corrected chi connectivity index (χ1v) is 11.3. The third-order valence-electron chi connectivity index (χ3n) is 4.99. The molecular formula is C20H13F6N5O3S. The molecule has 8 nitrogen and oxygen atoms in total. The Bertz CT molecular complexity index is 1610. The van der Waals surface area contributed by atoms with Gasteiger partial charge in [0.2, 0.25) is 0 Å². The molecule has 15 heteroatoms. The van der Waals surface area contributed by atoms with Crippen LogP contribution in [0.4, 0.5) is 26.3 Å². The molecule has 0 radical (unpaired) electrons. The molecule has 35 heavy (non-hydrogen) atoms. The van der Waals surface area contributed by atoms with Crippen molar-refractivity contribution in [1.29, 1.82) is 0 Å². The van der Waals surface area contributed by atoms with Gasteiger partial charge in [-0.25, -0.2) is 18.1 Å². The zero-order chi connectivity index (χ0) is 25.8. The number of pyridine rings is 1. The first-order valence-electron chi connectivity index (χ1n) is 9.68. The second-order valence-electron chi connectivity index (χ2n) is 7.22. The van der Waals surface area contributed by atoms with Crippen LogP contribution in [0.5, 0.6) is 0 Å². The predicted octanol–water partition coefficient (Wildman–Crippen LogP) is 3.80. The number of hydrogen-bond donors (Lipinski definition) is 0. The van der Waals surface area contributed by atoms with Crippen molar-refractivity contribution in [1.82, 2.24) is 24.5 Å². The van der Waals surface area contributed by atoms with Crippen LogP contribution >= 0.6 is 0 Å². The minimum absolute atomic E-state index is 0.131. The molecule has 3 heterocycles. The Morgan fingerprint density at radius 2 is 1.69 bits per heavy atom. The summed E-state index contributed by atoms with van der Waals surface area (Å²) < 4.78 is 104. The lowest BCUT2D eigenvalue weighted by atomic mass is 10.1. The van der Waals surface area contributed by atoms with E-state index in [1.54, 1.807) is 0 Å². The van der Waals surface area contributed by atoms with Crippen LogP contribution in [0.1, 0.15) is 18.2 Å². The minimum Gasteiger partial charge on any atom is -0.267 e. The molecule has 0 unspecified atom stereocenters. The number of rotatable bonds is 4. The van der Waals surface area contributed by atoms with Gasteiger partial charge in [0.1, 0.15) is 4.90 Å². The second kappa shape index (κ2) is 8.18. The molecule has 3 aromatic heterocycles. The van der Waals surface area contributed by atoms with Crippen molar-refractivity contribution in [2.24, 2.45) is 0 Å². The summed E-state index contributed by atoms with van der Waals surface area (Å²) in [6.45, 7) is 1.30. The molecule has 0 aliphatic carbocycles. The van der Waals surface area contributed by atoms with E-state index in [-0.39, 0.29) is 16.5 Å². The number of fused-ring (bicyclic) bond motifs is 1. The van der Waals surface area contributed by atoms with Gasteiger partial charge in [0.15, 0.2) is 21.3 Å². The van der Waals surface area contributed by atoms with Gasteiger partial charge in [0.25, 0.3) is 5.56 Å². The van der Waals surface area contributed by atoms with Gasteiger partial charge in [0, 0.05) is 11.6 Å². The summed E-state index contributed by atoms with van der Waals surface area (Å²) in [5, 5.41) is 6.85. The van der Waals surface area contributed by atoms with Crippen molar-refractivity contribution in [3.05, 3.63) is 70.5 Å². The van der Waals surface area contributed by atoms with Crippen LogP contribution in [0.15, 0.2) is 58.6 Å². The summed E-state index contributed by atoms with van der Waals surface area (Å²) in [7, 11) is -4.10. The maximum Gasteiger partial charge on any atom is 0.435 e. The minimum atomic E-state index is -4.73. The van der Waals surface area contributed by atoms with Gasteiger partial charge in [-0.05, 0) is 30.3 Å².